The van der Waals surface area contributed by atoms with E-state index in [1.165, 1.54) is 18.2 Å². The lowest BCUT2D eigenvalue weighted by molar-refractivity contribution is -0.0502. The molecule has 10 heteroatoms. The molecule has 0 saturated heterocycles. The fraction of sp³-hybridized carbons (Fsp3) is 0.357. The molecule has 0 fully saturated rings. The number of benzene rings is 1. The Morgan fingerprint density at radius 1 is 1.12 bits per heavy atom. The second kappa shape index (κ2) is 5.69. The summed E-state index contributed by atoms with van der Waals surface area (Å²) in [6, 6.07) is 7.03. The molecular formula is C14H14F3NO5S. The van der Waals surface area contributed by atoms with Crippen molar-refractivity contribution in [2.75, 3.05) is 0 Å². The highest BCUT2D eigenvalue weighted by atomic mass is 32.2. The Kier molecular flexibility index (Phi) is 4.29. The Balaban J connectivity index is 2.58. The number of ether oxygens (including phenoxy) is 1. The van der Waals surface area contributed by atoms with Crippen molar-refractivity contribution in [3.63, 3.8) is 0 Å². The van der Waals surface area contributed by atoms with Gasteiger partial charge in [0.25, 0.3) is 0 Å². The van der Waals surface area contributed by atoms with Crippen molar-refractivity contribution in [1.82, 2.24) is 4.57 Å². The lowest BCUT2D eigenvalue weighted by Gasteiger charge is -2.20. The molecule has 6 nitrogen and oxygen atoms in total. The van der Waals surface area contributed by atoms with Gasteiger partial charge in [0, 0.05) is 11.5 Å². The molecular weight excluding hydrogens is 351 g/mol. The molecule has 2 rings (SSSR count). The first kappa shape index (κ1) is 18.1. The number of nitrogens with zero attached hydrogens (tertiary/aromatic N) is 1. The Hall–Kier alpha value is -2.23. The van der Waals surface area contributed by atoms with Gasteiger partial charge in [-0.1, -0.05) is 18.2 Å². The van der Waals surface area contributed by atoms with E-state index in [0.717, 1.165) is 6.07 Å². The number of fused-ring (bicyclic) bond motifs is 1. The largest absolute Gasteiger partial charge is 0.534 e. The summed E-state index contributed by atoms with van der Waals surface area (Å²) in [6.45, 7) is 4.68. The lowest BCUT2D eigenvalue weighted by Crippen LogP contribution is -2.31. The first-order valence-corrected chi connectivity index (χ1v) is 8.07. The molecule has 0 aliphatic rings. The molecule has 0 N–H and O–H groups in total. The third-order valence-corrected chi connectivity index (χ3v) is 3.69. The molecule has 1 heterocycles. The van der Waals surface area contributed by atoms with Crippen molar-refractivity contribution < 1.29 is 35.3 Å². The van der Waals surface area contributed by atoms with Gasteiger partial charge in [0.1, 0.15) is 5.60 Å². The van der Waals surface area contributed by atoms with Crippen LogP contribution in [-0.2, 0) is 14.9 Å². The minimum absolute atomic E-state index is 0.152. The Bertz CT molecular complexity index is 878. The molecule has 0 radical (unpaired) electrons. The lowest BCUT2D eigenvalue weighted by atomic mass is 10.2. The second-order valence-corrected chi connectivity index (χ2v) is 7.38. The van der Waals surface area contributed by atoms with Crippen molar-refractivity contribution in [2.45, 2.75) is 31.9 Å². The quantitative estimate of drug-likeness (QED) is 0.600. The molecule has 2 aromatic rings. The van der Waals surface area contributed by atoms with Gasteiger partial charge in [-0.15, -0.1) is 0 Å². The van der Waals surface area contributed by atoms with Gasteiger partial charge in [0.2, 0.25) is 5.88 Å². The van der Waals surface area contributed by atoms with Crippen LogP contribution >= 0.6 is 0 Å². The Morgan fingerprint density at radius 2 is 1.71 bits per heavy atom. The summed E-state index contributed by atoms with van der Waals surface area (Å²) in [5, 5.41) is 0.315. The number of aromatic nitrogens is 1. The number of carbonyl (C=O) groups is 1. The third-order valence-electron chi connectivity index (χ3n) is 2.73. The summed E-state index contributed by atoms with van der Waals surface area (Å²) in [6.07, 6.45) is -1.06. The minimum atomic E-state index is -5.93. The van der Waals surface area contributed by atoms with Crippen molar-refractivity contribution in [3.05, 3.63) is 30.3 Å². The fourth-order valence-electron chi connectivity index (χ4n) is 1.85. The van der Waals surface area contributed by atoms with E-state index in [2.05, 4.69) is 4.18 Å². The van der Waals surface area contributed by atoms with E-state index in [9.17, 15) is 26.4 Å². The van der Waals surface area contributed by atoms with E-state index >= 15 is 0 Å². The van der Waals surface area contributed by atoms with E-state index in [1.807, 2.05) is 0 Å². The summed E-state index contributed by atoms with van der Waals surface area (Å²) in [7, 11) is -5.93. The molecule has 1 aromatic carbocycles. The maximum absolute atomic E-state index is 12.5. The van der Waals surface area contributed by atoms with Gasteiger partial charge in [-0.2, -0.15) is 21.6 Å². The summed E-state index contributed by atoms with van der Waals surface area (Å²) in [5.41, 5.74) is -6.41. The standard InChI is InChI=1S/C14H14F3NO5S/c1-13(2,3)22-12(19)18-10-7-5-4-6-9(10)8-11(18)23-24(20,21)14(15,16)17/h4-8H,1-3H3. The van der Waals surface area contributed by atoms with Crippen molar-refractivity contribution in [3.8, 4) is 5.88 Å². The molecule has 24 heavy (non-hydrogen) atoms. The molecule has 132 valence electrons. The van der Waals surface area contributed by atoms with Crippen LogP contribution in [0, 0.1) is 0 Å². The number of hydrogen-bond donors (Lipinski definition) is 0. The number of halogens is 3. The van der Waals surface area contributed by atoms with Gasteiger partial charge in [-0.3, -0.25) is 0 Å². The molecule has 0 aliphatic heterocycles. The molecule has 0 aliphatic carbocycles. The normalized spacial score (nSPS) is 13.1. The Morgan fingerprint density at radius 3 is 2.25 bits per heavy atom. The van der Waals surface area contributed by atoms with Crippen LogP contribution in [0.5, 0.6) is 5.88 Å². The van der Waals surface area contributed by atoms with E-state index < -0.39 is 33.2 Å². The monoisotopic (exact) mass is 365 g/mol. The second-order valence-electron chi connectivity index (χ2n) is 5.84. The van der Waals surface area contributed by atoms with E-state index in [-0.39, 0.29) is 5.52 Å². The van der Waals surface area contributed by atoms with Crippen LogP contribution in [0.1, 0.15) is 20.8 Å². The van der Waals surface area contributed by atoms with Crippen molar-refractivity contribution >= 4 is 27.1 Å². The zero-order valence-corrected chi connectivity index (χ0v) is 13.7. The number of carbonyl (C=O) groups excluding carboxylic acids is 1. The molecule has 1 aromatic heterocycles. The Labute approximate surface area is 135 Å². The molecule has 0 saturated carbocycles. The number of alkyl halides is 3. The highest BCUT2D eigenvalue weighted by Crippen LogP contribution is 2.32. The van der Waals surface area contributed by atoms with E-state index in [4.69, 9.17) is 4.74 Å². The molecule has 0 unspecified atom stereocenters. The van der Waals surface area contributed by atoms with Gasteiger partial charge in [0.05, 0.1) is 5.52 Å². The van der Waals surface area contributed by atoms with Crippen LogP contribution in [0.25, 0.3) is 10.9 Å². The summed E-state index contributed by atoms with van der Waals surface area (Å²) < 4.78 is 70.0. The topological polar surface area (TPSA) is 74.6 Å². The van der Waals surface area contributed by atoms with Gasteiger partial charge in [-0.05, 0) is 26.8 Å². The average molecular weight is 365 g/mol. The highest BCUT2D eigenvalue weighted by molar-refractivity contribution is 7.87. The summed E-state index contributed by atoms with van der Waals surface area (Å²) in [4.78, 5) is 12.3. The van der Waals surface area contributed by atoms with Gasteiger partial charge in [0.15, 0.2) is 0 Å². The van der Waals surface area contributed by atoms with Gasteiger partial charge in [-0.25, -0.2) is 9.36 Å². The molecule has 0 bridgehead atoms. The van der Waals surface area contributed by atoms with Crippen LogP contribution < -0.4 is 4.18 Å². The van der Waals surface area contributed by atoms with E-state index in [0.29, 0.717) is 9.95 Å². The number of hydrogen-bond acceptors (Lipinski definition) is 5. The number of rotatable bonds is 2. The third kappa shape index (κ3) is 3.64. The maximum atomic E-state index is 12.5. The molecule has 0 atom stereocenters. The van der Waals surface area contributed by atoms with Crippen molar-refractivity contribution in [2.24, 2.45) is 0 Å². The highest BCUT2D eigenvalue weighted by Gasteiger charge is 2.49. The predicted molar refractivity (Wildman–Crippen MR) is 79.2 cm³/mol. The predicted octanol–water partition coefficient (Wildman–Crippen LogP) is 3.65. The minimum Gasteiger partial charge on any atom is -0.443 e. The SMILES string of the molecule is CC(C)(C)OC(=O)n1c(OS(=O)(=O)C(F)(F)F)cc2ccccc21. The van der Waals surface area contributed by atoms with Crippen molar-refractivity contribution in [1.29, 1.82) is 0 Å². The summed E-state index contributed by atoms with van der Waals surface area (Å²) >= 11 is 0. The summed E-state index contributed by atoms with van der Waals surface area (Å²) in [5.74, 6) is -0.803. The first-order chi connectivity index (χ1) is 10.8. The molecule has 0 amide bonds. The molecule has 0 spiro atoms. The zero-order chi connectivity index (χ0) is 18.3. The average Bonchev–Trinajstić information content (AvgIpc) is 2.72. The van der Waals surface area contributed by atoms with Crippen LogP contribution in [0.3, 0.4) is 0 Å². The van der Waals surface area contributed by atoms with Crippen LogP contribution in [0.15, 0.2) is 30.3 Å². The van der Waals surface area contributed by atoms with Gasteiger partial charge < -0.3 is 8.92 Å². The zero-order valence-electron chi connectivity index (χ0n) is 12.9. The van der Waals surface area contributed by atoms with E-state index in [1.54, 1.807) is 26.8 Å². The smallest absolute Gasteiger partial charge is 0.443 e. The maximum Gasteiger partial charge on any atom is 0.534 e. The van der Waals surface area contributed by atoms with Crippen LogP contribution in [-0.4, -0.2) is 30.2 Å². The van der Waals surface area contributed by atoms with Crippen LogP contribution in [0.4, 0.5) is 18.0 Å². The fourth-order valence-corrected chi connectivity index (χ4v) is 2.29. The number of para-hydroxylation sites is 1. The van der Waals surface area contributed by atoms with Crippen LogP contribution in [0.2, 0.25) is 0 Å². The first-order valence-electron chi connectivity index (χ1n) is 6.66. The van der Waals surface area contributed by atoms with Gasteiger partial charge >= 0.3 is 21.7 Å².